The van der Waals surface area contributed by atoms with Crippen LogP contribution in [0, 0.1) is 0 Å². The number of nitrogens with one attached hydrogen (secondary N) is 1. The molecule has 1 amide bonds. The van der Waals surface area contributed by atoms with Crippen molar-refractivity contribution in [3.05, 3.63) is 35.5 Å². The number of likely N-dealkylation sites (N-methyl/N-ethyl adjacent to an activating group) is 2. The second-order valence-corrected chi connectivity index (χ2v) is 6.85. The summed E-state index contributed by atoms with van der Waals surface area (Å²) in [6.07, 6.45) is 2.66. The minimum atomic E-state index is -0.383. The fourth-order valence-corrected chi connectivity index (χ4v) is 4.27. The maximum Gasteiger partial charge on any atom is 0.253 e. The van der Waals surface area contributed by atoms with Gasteiger partial charge in [-0.05, 0) is 44.5 Å². The highest BCUT2D eigenvalue weighted by Crippen LogP contribution is 2.42. The summed E-state index contributed by atoms with van der Waals surface area (Å²) in [7, 11) is 2.11. The maximum absolute atomic E-state index is 12.8. The van der Waals surface area contributed by atoms with Crippen LogP contribution in [0.2, 0.25) is 0 Å². The first kappa shape index (κ1) is 15.7. The number of rotatable bonds is 3. The number of morpholine rings is 1. The average molecular weight is 327 g/mol. The first-order chi connectivity index (χ1) is 11.6. The molecule has 128 valence electrons. The van der Waals surface area contributed by atoms with Gasteiger partial charge in [-0.3, -0.25) is 9.69 Å². The third-order valence-electron chi connectivity index (χ3n) is 5.59. The van der Waals surface area contributed by atoms with E-state index in [1.54, 1.807) is 0 Å². The van der Waals surface area contributed by atoms with Gasteiger partial charge in [-0.2, -0.15) is 0 Å². The van der Waals surface area contributed by atoms with Gasteiger partial charge in [0.05, 0.1) is 0 Å². The van der Waals surface area contributed by atoms with Crippen LogP contribution >= 0.6 is 0 Å². The van der Waals surface area contributed by atoms with E-state index in [2.05, 4.69) is 41.3 Å². The molecule has 2 aromatic rings. The number of hydrogen-bond donors (Lipinski definition) is 1. The van der Waals surface area contributed by atoms with Crippen LogP contribution in [0.5, 0.6) is 0 Å². The van der Waals surface area contributed by atoms with E-state index in [-0.39, 0.29) is 18.1 Å². The van der Waals surface area contributed by atoms with Crippen molar-refractivity contribution < 1.29 is 9.53 Å². The number of fused-ring (bicyclic) bond motifs is 2. The Balaban J connectivity index is 1.70. The maximum atomic E-state index is 12.8. The number of hydrogen-bond acceptors (Lipinski definition) is 3. The van der Waals surface area contributed by atoms with Crippen molar-refractivity contribution in [2.45, 2.75) is 38.5 Å². The summed E-state index contributed by atoms with van der Waals surface area (Å²) in [5.74, 6) is 0.109. The van der Waals surface area contributed by atoms with Gasteiger partial charge >= 0.3 is 0 Å². The van der Waals surface area contributed by atoms with Gasteiger partial charge in [0.1, 0.15) is 12.2 Å². The zero-order chi connectivity index (χ0) is 16.8. The summed E-state index contributed by atoms with van der Waals surface area (Å²) < 4.78 is 6.38. The molecular formula is C19H25N3O2. The highest BCUT2D eigenvalue weighted by Gasteiger charge is 2.42. The van der Waals surface area contributed by atoms with Gasteiger partial charge in [0.15, 0.2) is 0 Å². The van der Waals surface area contributed by atoms with Crippen LogP contribution in [0.4, 0.5) is 0 Å². The molecule has 5 heteroatoms. The standard InChI is InChI=1S/C19H25N3O2/c1-4-22(5-2)19(23)16-11-21(3)15-9-12-10-20-14-8-6-7-13(17(12)14)18(15)24-16/h6-8,10,15-16,18,20H,4-5,9,11H2,1-3H3. The molecule has 0 bridgehead atoms. The third-order valence-corrected chi connectivity index (χ3v) is 5.59. The van der Waals surface area contributed by atoms with Gasteiger partial charge in [0.2, 0.25) is 0 Å². The molecule has 1 fully saturated rings. The lowest BCUT2D eigenvalue weighted by molar-refractivity contribution is -0.164. The first-order valence-electron chi connectivity index (χ1n) is 8.87. The fraction of sp³-hybridized carbons (Fsp3) is 0.526. The SMILES string of the molecule is CCN(CC)C(=O)C1CN(C)C2Cc3c[nH]c4cccc(c34)C2O1. The predicted octanol–water partition coefficient (Wildman–Crippen LogP) is 2.33. The number of nitrogens with zero attached hydrogens (tertiary/aromatic N) is 2. The van der Waals surface area contributed by atoms with Crippen molar-refractivity contribution in [2.75, 3.05) is 26.7 Å². The summed E-state index contributed by atoms with van der Waals surface area (Å²) >= 11 is 0. The van der Waals surface area contributed by atoms with E-state index in [0.717, 1.165) is 25.0 Å². The number of carbonyl (C=O) groups excluding carboxylic acids is 1. The monoisotopic (exact) mass is 327 g/mol. The van der Waals surface area contributed by atoms with Crippen LogP contribution in [0.3, 0.4) is 0 Å². The highest BCUT2D eigenvalue weighted by atomic mass is 16.5. The molecule has 0 saturated carbocycles. The summed E-state index contributed by atoms with van der Waals surface area (Å²) in [4.78, 5) is 20.3. The number of ether oxygens (including phenoxy) is 1. The molecule has 5 nitrogen and oxygen atoms in total. The largest absolute Gasteiger partial charge is 0.361 e. The first-order valence-corrected chi connectivity index (χ1v) is 8.87. The number of carbonyl (C=O) groups is 1. The minimum absolute atomic E-state index is 0.0414. The van der Waals surface area contributed by atoms with E-state index < -0.39 is 0 Å². The van der Waals surface area contributed by atoms with Gasteiger partial charge in [-0.1, -0.05) is 12.1 Å². The number of benzene rings is 1. The van der Waals surface area contributed by atoms with Crippen molar-refractivity contribution in [3.63, 3.8) is 0 Å². The molecule has 24 heavy (non-hydrogen) atoms. The van der Waals surface area contributed by atoms with Crippen LogP contribution in [0.1, 0.15) is 31.1 Å². The molecule has 2 aliphatic rings. The molecule has 0 radical (unpaired) electrons. The van der Waals surface area contributed by atoms with Crippen LogP contribution < -0.4 is 0 Å². The van der Waals surface area contributed by atoms with Crippen molar-refractivity contribution in [2.24, 2.45) is 0 Å². The molecule has 4 rings (SSSR count). The van der Waals surface area contributed by atoms with E-state index in [1.807, 2.05) is 18.7 Å². The van der Waals surface area contributed by atoms with Crippen LogP contribution in [0.15, 0.2) is 24.4 Å². The number of aromatic amines is 1. The Labute approximate surface area is 142 Å². The Bertz CT molecular complexity index is 765. The molecule has 0 spiro atoms. The molecule has 1 aromatic heterocycles. The summed E-state index contributed by atoms with van der Waals surface area (Å²) in [5.41, 5.74) is 3.72. The lowest BCUT2D eigenvalue weighted by atomic mass is 9.84. The Hall–Kier alpha value is -1.85. The number of amides is 1. The van der Waals surface area contributed by atoms with Gasteiger partial charge < -0.3 is 14.6 Å². The van der Waals surface area contributed by atoms with Gasteiger partial charge in [0.25, 0.3) is 5.91 Å². The molecular weight excluding hydrogens is 302 g/mol. The van der Waals surface area contributed by atoms with Crippen LogP contribution in [0.25, 0.3) is 10.9 Å². The molecule has 1 aromatic carbocycles. The Morgan fingerprint density at radius 1 is 1.38 bits per heavy atom. The highest BCUT2D eigenvalue weighted by molar-refractivity contribution is 5.88. The van der Waals surface area contributed by atoms with Gasteiger partial charge in [-0.15, -0.1) is 0 Å². The zero-order valence-corrected chi connectivity index (χ0v) is 14.6. The molecule has 3 atom stereocenters. The Morgan fingerprint density at radius 3 is 2.92 bits per heavy atom. The predicted molar refractivity (Wildman–Crippen MR) is 94.0 cm³/mol. The van der Waals surface area contributed by atoms with E-state index in [1.165, 1.54) is 16.5 Å². The van der Waals surface area contributed by atoms with Gasteiger partial charge in [-0.25, -0.2) is 0 Å². The Kier molecular flexibility index (Phi) is 3.85. The lowest BCUT2D eigenvalue weighted by Crippen LogP contribution is -2.56. The van der Waals surface area contributed by atoms with Crippen LogP contribution in [-0.2, 0) is 16.0 Å². The zero-order valence-electron chi connectivity index (χ0n) is 14.6. The summed E-state index contributed by atoms with van der Waals surface area (Å²) in [6, 6.07) is 6.61. The third kappa shape index (κ3) is 2.26. The van der Waals surface area contributed by atoms with E-state index >= 15 is 0 Å². The quantitative estimate of drug-likeness (QED) is 0.941. The average Bonchev–Trinajstić information content (AvgIpc) is 3.01. The fourth-order valence-electron chi connectivity index (χ4n) is 4.27. The number of H-pyrrole nitrogens is 1. The molecule has 1 N–H and O–H groups in total. The summed E-state index contributed by atoms with van der Waals surface area (Å²) in [6.45, 7) is 6.15. The topological polar surface area (TPSA) is 48.6 Å². The molecule has 3 unspecified atom stereocenters. The second-order valence-electron chi connectivity index (χ2n) is 6.85. The van der Waals surface area contributed by atoms with Gasteiger partial charge in [0, 0.05) is 42.8 Å². The minimum Gasteiger partial charge on any atom is -0.361 e. The lowest BCUT2D eigenvalue weighted by Gasteiger charge is -2.45. The normalized spacial score (nSPS) is 26.4. The van der Waals surface area contributed by atoms with E-state index in [9.17, 15) is 4.79 Å². The molecule has 1 aliphatic carbocycles. The summed E-state index contributed by atoms with van der Waals surface area (Å²) in [5, 5.41) is 1.28. The van der Waals surface area contributed by atoms with E-state index in [4.69, 9.17) is 4.74 Å². The van der Waals surface area contributed by atoms with E-state index in [0.29, 0.717) is 12.6 Å². The van der Waals surface area contributed by atoms with Crippen molar-refractivity contribution in [1.82, 2.24) is 14.8 Å². The van der Waals surface area contributed by atoms with Crippen molar-refractivity contribution in [3.8, 4) is 0 Å². The second kappa shape index (κ2) is 5.90. The molecule has 2 heterocycles. The number of aromatic nitrogens is 1. The molecule has 1 saturated heterocycles. The Morgan fingerprint density at radius 2 is 2.17 bits per heavy atom. The molecule has 1 aliphatic heterocycles. The smallest absolute Gasteiger partial charge is 0.253 e. The van der Waals surface area contributed by atoms with Crippen molar-refractivity contribution in [1.29, 1.82) is 0 Å². The van der Waals surface area contributed by atoms with Crippen molar-refractivity contribution >= 4 is 16.8 Å². The van der Waals surface area contributed by atoms with Crippen LogP contribution in [-0.4, -0.2) is 59.5 Å².